The third kappa shape index (κ3) is 4.20. The number of carbonyl (C=O) groups excluding carboxylic acids is 1. The van der Waals surface area contributed by atoms with Crippen molar-refractivity contribution in [1.29, 1.82) is 0 Å². The molecule has 0 aromatic heterocycles. The average molecular weight is 266 g/mol. The first-order chi connectivity index (χ1) is 9.08. The average Bonchev–Trinajstić information content (AvgIpc) is 2.37. The smallest absolute Gasteiger partial charge is 0.223 e. The molecule has 2 saturated carbocycles. The molecule has 1 amide bonds. The van der Waals surface area contributed by atoms with Crippen molar-refractivity contribution in [3.63, 3.8) is 0 Å². The zero-order valence-electron chi connectivity index (χ0n) is 12.5. The third-order valence-corrected chi connectivity index (χ3v) is 5.06. The van der Waals surface area contributed by atoms with Crippen LogP contribution in [0, 0.1) is 17.8 Å². The van der Waals surface area contributed by atoms with Crippen LogP contribution in [0.1, 0.15) is 65.2 Å². The lowest BCUT2D eigenvalue weighted by molar-refractivity contribution is -0.127. The Kier molecular flexibility index (Phi) is 5.26. The summed E-state index contributed by atoms with van der Waals surface area (Å²) in [7, 11) is 0. The highest BCUT2D eigenvalue weighted by atomic mass is 16.1. The summed E-state index contributed by atoms with van der Waals surface area (Å²) in [5, 5.41) is 3.30. The van der Waals surface area contributed by atoms with Crippen LogP contribution in [0.5, 0.6) is 0 Å². The lowest BCUT2D eigenvalue weighted by Crippen LogP contribution is -2.45. The molecule has 0 saturated heterocycles. The predicted molar refractivity (Wildman–Crippen MR) is 78.7 cm³/mol. The summed E-state index contributed by atoms with van der Waals surface area (Å²) in [5.74, 6) is 1.82. The standard InChI is InChI=1S/C16H30N2O/c1-3-12-5-4-6-15(9-12)18-16(19)13-7-11(2)8-14(17)10-13/h11-15H,3-10,17H2,1-2H3,(H,18,19). The second-order valence-corrected chi connectivity index (χ2v) is 6.92. The summed E-state index contributed by atoms with van der Waals surface area (Å²) in [6.07, 6.45) is 9.16. The van der Waals surface area contributed by atoms with Crippen molar-refractivity contribution in [2.75, 3.05) is 0 Å². The van der Waals surface area contributed by atoms with Gasteiger partial charge in [-0.2, -0.15) is 0 Å². The molecule has 2 rings (SSSR count). The van der Waals surface area contributed by atoms with E-state index in [4.69, 9.17) is 5.73 Å². The first kappa shape index (κ1) is 14.8. The maximum atomic E-state index is 12.4. The molecule has 0 aliphatic heterocycles. The largest absolute Gasteiger partial charge is 0.353 e. The lowest BCUT2D eigenvalue weighted by Gasteiger charge is -2.34. The minimum atomic E-state index is 0.153. The van der Waals surface area contributed by atoms with Crippen LogP contribution >= 0.6 is 0 Å². The minimum absolute atomic E-state index is 0.153. The summed E-state index contributed by atoms with van der Waals surface area (Å²) >= 11 is 0. The number of hydrogen-bond donors (Lipinski definition) is 2. The van der Waals surface area contributed by atoms with Crippen molar-refractivity contribution in [3.8, 4) is 0 Å². The van der Waals surface area contributed by atoms with E-state index in [1.54, 1.807) is 0 Å². The quantitative estimate of drug-likeness (QED) is 0.825. The molecule has 0 heterocycles. The van der Waals surface area contributed by atoms with E-state index in [9.17, 15) is 4.79 Å². The number of hydrogen-bond acceptors (Lipinski definition) is 2. The van der Waals surface area contributed by atoms with E-state index >= 15 is 0 Å². The fourth-order valence-electron chi connectivity index (χ4n) is 3.98. The van der Waals surface area contributed by atoms with Crippen molar-refractivity contribution >= 4 is 5.91 Å². The van der Waals surface area contributed by atoms with Crippen LogP contribution in [-0.4, -0.2) is 18.0 Å². The van der Waals surface area contributed by atoms with Gasteiger partial charge in [0.15, 0.2) is 0 Å². The fourth-order valence-corrected chi connectivity index (χ4v) is 3.98. The Bertz CT molecular complexity index is 295. The van der Waals surface area contributed by atoms with Gasteiger partial charge in [0.05, 0.1) is 0 Å². The van der Waals surface area contributed by atoms with E-state index in [0.717, 1.165) is 31.6 Å². The highest BCUT2D eigenvalue weighted by Crippen LogP contribution is 2.30. The van der Waals surface area contributed by atoms with E-state index < -0.39 is 0 Å². The lowest BCUT2D eigenvalue weighted by atomic mass is 9.78. The Morgan fingerprint density at radius 3 is 2.68 bits per heavy atom. The maximum absolute atomic E-state index is 12.4. The molecule has 0 radical (unpaired) electrons. The molecule has 5 unspecified atom stereocenters. The normalized spacial score (nSPS) is 39.8. The molecule has 110 valence electrons. The second kappa shape index (κ2) is 6.74. The predicted octanol–water partition coefficient (Wildman–Crippen LogP) is 2.83. The van der Waals surface area contributed by atoms with Crippen LogP contribution in [0.25, 0.3) is 0 Å². The Morgan fingerprint density at radius 1 is 1.21 bits per heavy atom. The molecule has 3 heteroatoms. The summed E-state index contributed by atoms with van der Waals surface area (Å²) in [4.78, 5) is 12.4. The first-order valence-electron chi connectivity index (χ1n) is 8.14. The molecule has 2 aliphatic rings. The van der Waals surface area contributed by atoms with Crippen molar-refractivity contribution < 1.29 is 4.79 Å². The minimum Gasteiger partial charge on any atom is -0.353 e. The van der Waals surface area contributed by atoms with Crippen LogP contribution in [0.4, 0.5) is 0 Å². The van der Waals surface area contributed by atoms with E-state index in [2.05, 4.69) is 19.2 Å². The Morgan fingerprint density at radius 2 is 2.00 bits per heavy atom. The highest BCUT2D eigenvalue weighted by molar-refractivity contribution is 5.79. The van der Waals surface area contributed by atoms with Gasteiger partial charge in [-0.1, -0.05) is 33.1 Å². The number of nitrogens with two attached hydrogens (primary N) is 1. The van der Waals surface area contributed by atoms with Gasteiger partial charge in [-0.15, -0.1) is 0 Å². The van der Waals surface area contributed by atoms with Crippen molar-refractivity contribution in [2.45, 2.75) is 77.3 Å². The molecular weight excluding hydrogens is 236 g/mol. The van der Waals surface area contributed by atoms with Gasteiger partial charge in [0.25, 0.3) is 0 Å². The molecule has 2 fully saturated rings. The molecule has 0 aromatic carbocycles. The molecule has 0 spiro atoms. The molecule has 5 atom stereocenters. The number of carbonyl (C=O) groups is 1. The Balaban J connectivity index is 1.83. The number of amides is 1. The molecule has 3 N–H and O–H groups in total. The number of nitrogens with one attached hydrogen (secondary N) is 1. The van der Waals surface area contributed by atoms with Crippen LogP contribution < -0.4 is 11.1 Å². The van der Waals surface area contributed by atoms with Gasteiger partial charge in [-0.05, 0) is 43.9 Å². The third-order valence-electron chi connectivity index (χ3n) is 5.06. The van der Waals surface area contributed by atoms with Crippen LogP contribution in [0.15, 0.2) is 0 Å². The Labute approximate surface area is 117 Å². The van der Waals surface area contributed by atoms with Crippen LogP contribution in [-0.2, 0) is 4.79 Å². The van der Waals surface area contributed by atoms with Gasteiger partial charge >= 0.3 is 0 Å². The van der Waals surface area contributed by atoms with Gasteiger partial charge < -0.3 is 11.1 Å². The zero-order chi connectivity index (χ0) is 13.8. The molecule has 19 heavy (non-hydrogen) atoms. The van der Waals surface area contributed by atoms with Crippen molar-refractivity contribution in [3.05, 3.63) is 0 Å². The maximum Gasteiger partial charge on any atom is 0.223 e. The van der Waals surface area contributed by atoms with E-state index in [1.165, 1.54) is 25.7 Å². The van der Waals surface area contributed by atoms with Gasteiger partial charge in [-0.3, -0.25) is 4.79 Å². The monoisotopic (exact) mass is 266 g/mol. The van der Waals surface area contributed by atoms with E-state index in [1.807, 2.05) is 0 Å². The van der Waals surface area contributed by atoms with Gasteiger partial charge in [0, 0.05) is 18.0 Å². The molecule has 2 aliphatic carbocycles. The van der Waals surface area contributed by atoms with Gasteiger partial charge in [0.2, 0.25) is 5.91 Å². The summed E-state index contributed by atoms with van der Waals surface area (Å²) < 4.78 is 0. The number of rotatable bonds is 3. The fraction of sp³-hybridized carbons (Fsp3) is 0.938. The van der Waals surface area contributed by atoms with E-state index in [-0.39, 0.29) is 17.9 Å². The molecule has 0 aromatic rings. The molecule has 0 bridgehead atoms. The SMILES string of the molecule is CCC1CCCC(NC(=O)C2CC(C)CC(N)C2)C1. The van der Waals surface area contributed by atoms with Crippen molar-refractivity contribution in [1.82, 2.24) is 5.32 Å². The van der Waals surface area contributed by atoms with Gasteiger partial charge in [-0.25, -0.2) is 0 Å². The topological polar surface area (TPSA) is 55.1 Å². The van der Waals surface area contributed by atoms with Gasteiger partial charge in [0.1, 0.15) is 0 Å². The summed E-state index contributed by atoms with van der Waals surface area (Å²) in [5.41, 5.74) is 6.05. The first-order valence-corrected chi connectivity index (χ1v) is 8.14. The highest BCUT2D eigenvalue weighted by Gasteiger charge is 2.31. The molecular formula is C16H30N2O. The van der Waals surface area contributed by atoms with E-state index in [0.29, 0.717) is 12.0 Å². The van der Waals surface area contributed by atoms with Crippen molar-refractivity contribution in [2.24, 2.45) is 23.5 Å². The Hall–Kier alpha value is -0.570. The zero-order valence-corrected chi connectivity index (χ0v) is 12.5. The molecule has 3 nitrogen and oxygen atoms in total. The second-order valence-electron chi connectivity index (χ2n) is 6.92. The van der Waals surface area contributed by atoms with Crippen LogP contribution in [0.2, 0.25) is 0 Å². The summed E-state index contributed by atoms with van der Waals surface area (Å²) in [6.45, 7) is 4.48. The summed E-state index contributed by atoms with van der Waals surface area (Å²) in [6, 6.07) is 0.633. The van der Waals surface area contributed by atoms with Crippen LogP contribution in [0.3, 0.4) is 0 Å².